The van der Waals surface area contributed by atoms with Crippen molar-refractivity contribution < 1.29 is 9.47 Å². The van der Waals surface area contributed by atoms with E-state index in [0.717, 1.165) is 42.6 Å². The average molecular weight is 441 g/mol. The first kappa shape index (κ1) is 24.1. The van der Waals surface area contributed by atoms with Gasteiger partial charge in [0.2, 0.25) is 0 Å². The van der Waals surface area contributed by atoms with Gasteiger partial charge in [-0.15, -0.1) is 0 Å². The van der Waals surface area contributed by atoms with Crippen molar-refractivity contribution in [3.8, 4) is 5.75 Å². The number of unbranched alkanes of at least 4 members (excludes halogenated alkanes) is 4. The number of aryl methyl sites for hydroxylation is 1. The summed E-state index contributed by atoms with van der Waals surface area (Å²) in [5.74, 6) is 4.87. The second-order valence-electron chi connectivity index (χ2n) is 11.1. The molecule has 5 atom stereocenters. The Morgan fingerprint density at radius 2 is 1.44 bits per heavy atom. The van der Waals surface area contributed by atoms with Crippen molar-refractivity contribution in [3.05, 3.63) is 29.3 Å². The molecule has 0 spiro atoms. The van der Waals surface area contributed by atoms with Crippen LogP contribution in [0.2, 0.25) is 0 Å². The molecule has 1 aromatic carbocycles. The molecule has 5 unspecified atom stereocenters. The Labute approximate surface area is 197 Å². The van der Waals surface area contributed by atoms with Gasteiger partial charge in [-0.05, 0) is 118 Å². The minimum Gasteiger partial charge on any atom is -0.494 e. The average Bonchev–Trinajstić information content (AvgIpc) is 2.84. The maximum absolute atomic E-state index is 6.25. The van der Waals surface area contributed by atoms with Crippen LogP contribution in [-0.2, 0) is 17.6 Å². The minimum absolute atomic E-state index is 0.560. The van der Waals surface area contributed by atoms with E-state index in [1.807, 2.05) is 0 Å². The summed E-state index contributed by atoms with van der Waals surface area (Å²) >= 11 is 0. The largest absolute Gasteiger partial charge is 0.494 e. The zero-order valence-corrected chi connectivity index (χ0v) is 21.0. The van der Waals surface area contributed by atoms with Crippen LogP contribution in [0.25, 0.3) is 0 Å². The van der Waals surface area contributed by atoms with Crippen LogP contribution in [-0.4, -0.2) is 19.3 Å². The number of fused-ring (bicyclic) bond motifs is 2. The summed E-state index contributed by atoms with van der Waals surface area (Å²) < 4.78 is 12.3. The highest BCUT2D eigenvalue weighted by Crippen LogP contribution is 2.47. The molecule has 3 aliphatic carbocycles. The van der Waals surface area contributed by atoms with Crippen LogP contribution in [0, 0.1) is 23.7 Å². The second kappa shape index (κ2) is 12.4. The Bertz CT molecular complexity index is 683. The van der Waals surface area contributed by atoms with E-state index >= 15 is 0 Å². The van der Waals surface area contributed by atoms with Crippen molar-refractivity contribution in [2.75, 3.05) is 13.2 Å². The van der Waals surface area contributed by atoms with E-state index in [1.54, 1.807) is 11.1 Å². The third-order valence-electron chi connectivity index (χ3n) is 8.83. The number of benzene rings is 1. The monoisotopic (exact) mass is 440 g/mol. The van der Waals surface area contributed by atoms with Crippen molar-refractivity contribution in [1.29, 1.82) is 0 Å². The molecule has 3 aliphatic rings. The lowest BCUT2D eigenvalue weighted by Crippen LogP contribution is -2.37. The van der Waals surface area contributed by atoms with Gasteiger partial charge in [0.25, 0.3) is 0 Å². The molecule has 2 nitrogen and oxygen atoms in total. The third kappa shape index (κ3) is 6.52. The summed E-state index contributed by atoms with van der Waals surface area (Å²) in [6.07, 6.45) is 20.5. The lowest BCUT2D eigenvalue weighted by Gasteiger charge is -2.45. The lowest BCUT2D eigenvalue weighted by molar-refractivity contribution is -0.0249. The fraction of sp³-hybridized carbons (Fsp3) is 0.800. The van der Waals surface area contributed by atoms with Crippen molar-refractivity contribution >= 4 is 0 Å². The van der Waals surface area contributed by atoms with Gasteiger partial charge in [-0.25, -0.2) is 0 Å². The molecule has 2 heteroatoms. The van der Waals surface area contributed by atoms with Crippen molar-refractivity contribution in [1.82, 2.24) is 0 Å². The van der Waals surface area contributed by atoms with Crippen LogP contribution in [0.1, 0.15) is 108 Å². The summed E-state index contributed by atoms with van der Waals surface area (Å²) in [6.45, 7) is 6.38. The molecule has 2 fully saturated rings. The van der Waals surface area contributed by atoms with Crippen LogP contribution in [0.5, 0.6) is 5.75 Å². The molecule has 0 aromatic heterocycles. The van der Waals surface area contributed by atoms with Crippen molar-refractivity contribution in [2.45, 2.75) is 116 Å². The number of rotatable bonds is 11. The van der Waals surface area contributed by atoms with E-state index in [0.29, 0.717) is 6.10 Å². The number of hydrogen-bond donors (Lipinski definition) is 0. The molecule has 0 amide bonds. The zero-order chi connectivity index (χ0) is 22.2. The third-order valence-corrected chi connectivity index (χ3v) is 8.83. The van der Waals surface area contributed by atoms with Gasteiger partial charge in [0.05, 0.1) is 12.7 Å². The molecule has 32 heavy (non-hydrogen) atoms. The molecule has 1 aromatic rings. The standard InChI is InChI=1S/C30H48O2/c1-3-5-7-17-31-29-15-13-25-19-23(9-11-27(25)21-29)24-10-12-28-22-30(16-14-26(28)20-24)32-18-8-6-4-2/h13,15,21,23-24,26,28,30H,3-12,14,16-20,22H2,1-2H3. The van der Waals surface area contributed by atoms with E-state index < -0.39 is 0 Å². The van der Waals surface area contributed by atoms with Gasteiger partial charge in [-0.1, -0.05) is 45.6 Å². The molecule has 0 saturated heterocycles. The first-order chi connectivity index (χ1) is 15.8. The van der Waals surface area contributed by atoms with Crippen molar-refractivity contribution in [2.24, 2.45) is 23.7 Å². The Morgan fingerprint density at radius 1 is 0.719 bits per heavy atom. The molecular formula is C30H48O2. The Morgan fingerprint density at radius 3 is 2.25 bits per heavy atom. The minimum atomic E-state index is 0.560. The molecule has 4 rings (SSSR count). The topological polar surface area (TPSA) is 18.5 Å². The maximum atomic E-state index is 6.25. The summed E-state index contributed by atoms with van der Waals surface area (Å²) in [6, 6.07) is 6.95. The van der Waals surface area contributed by atoms with Crippen LogP contribution in [0.4, 0.5) is 0 Å². The highest BCUT2D eigenvalue weighted by molar-refractivity contribution is 5.37. The van der Waals surface area contributed by atoms with Crippen LogP contribution in [0.3, 0.4) is 0 Å². The summed E-state index contributed by atoms with van der Waals surface area (Å²) in [5.41, 5.74) is 3.16. The molecule has 0 aliphatic heterocycles. The Hall–Kier alpha value is -1.02. The molecule has 0 radical (unpaired) electrons. The predicted molar refractivity (Wildman–Crippen MR) is 134 cm³/mol. The quantitative estimate of drug-likeness (QED) is 0.323. The van der Waals surface area contributed by atoms with E-state index in [9.17, 15) is 0 Å². The lowest BCUT2D eigenvalue weighted by atomic mass is 9.62. The SMILES string of the molecule is CCCCCOc1ccc2c(c1)CCC(C1CCC3CC(OCCCCC)CCC3C1)C2. The van der Waals surface area contributed by atoms with Crippen LogP contribution >= 0.6 is 0 Å². The van der Waals surface area contributed by atoms with E-state index in [-0.39, 0.29) is 0 Å². The highest BCUT2D eigenvalue weighted by Gasteiger charge is 2.38. The fourth-order valence-corrected chi connectivity index (χ4v) is 6.86. The molecule has 0 bridgehead atoms. The smallest absolute Gasteiger partial charge is 0.119 e. The normalized spacial score (nSPS) is 29.9. The zero-order valence-electron chi connectivity index (χ0n) is 21.0. The first-order valence-corrected chi connectivity index (χ1v) is 14.1. The van der Waals surface area contributed by atoms with Gasteiger partial charge in [0.15, 0.2) is 0 Å². The molecular weight excluding hydrogens is 392 g/mol. The van der Waals surface area contributed by atoms with Gasteiger partial charge in [0.1, 0.15) is 5.75 Å². The van der Waals surface area contributed by atoms with Gasteiger partial charge >= 0.3 is 0 Å². The van der Waals surface area contributed by atoms with Crippen LogP contribution < -0.4 is 4.74 Å². The summed E-state index contributed by atoms with van der Waals surface area (Å²) in [7, 11) is 0. The first-order valence-electron chi connectivity index (χ1n) is 14.1. The highest BCUT2D eigenvalue weighted by atomic mass is 16.5. The van der Waals surface area contributed by atoms with E-state index in [4.69, 9.17) is 9.47 Å². The fourth-order valence-electron chi connectivity index (χ4n) is 6.86. The molecule has 2 saturated carbocycles. The predicted octanol–water partition coefficient (Wildman–Crippen LogP) is 8.15. The second-order valence-corrected chi connectivity index (χ2v) is 11.1. The Balaban J connectivity index is 1.23. The van der Waals surface area contributed by atoms with Gasteiger partial charge in [0, 0.05) is 6.61 Å². The van der Waals surface area contributed by atoms with E-state index in [2.05, 4.69) is 32.0 Å². The molecule has 0 heterocycles. The maximum Gasteiger partial charge on any atom is 0.119 e. The summed E-state index contributed by atoms with van der Waals surface area (Å²) in [5, 5.41) is 0. The Kier molecular flexibility index (Phi) is 9.38. The summed E-state index contributed by atoms with van der Waals surface area (Å²) in [4.78, 5) is 0. The van der Waals surface area contributed by atoms with Gasteiger partial charge in [-0.2, -0.15) is 0 Å². The molecule has 180 valence electrons. The molecule has 0 N–H and O–H groups in total. The van der Waals surface area contributed by atoms with Crippen LogP contribution in [0.15, 0.2) is 18.2 Å². The number of hydrogen-bond acceptors (Lipinski definition) is 2. The number of ether oxygens (including phenoxy) is 2. The van der Waals surface area contributed by atoms with Gasteiger partial charge in [-0.3, -0.25) is 0 Å². The van der Waals surface area contributed by atoms with Crippen molar-refractivity contribution in [3.63, 3.8) is 0 Å². The van der Waals surface area contributed by atoms with E-state index in [1.165, 1.54) is 96.3 Å². The van der Waals surface area contributed by atoms with Gasteiger partial charge < -0.3 is 9.47 Å².